The van der Waals surface area contributed by atoms with Gasteiger partial charge in [-0.2, -0.15) is 5.10 Å². The number of rotatable bonds is 5. The quantitative estimate of drug-likeness (QED) is 0.808. The van der Waals surface area contributed by atoms with E-state index >= 15 is 0 Å². The van der Waals surface area contributed by atoms with E-state index in [2.05, 4.69) is 10.4 Å². The number of hydrogen-bond donors (Lipinski definition) is 1. The van der Waals surface area contributed by atoms with Gasteiger partial charge in [0.2, 0.25) is 0 Å². The second-order valence-electron chi connectivity index (χ2n) is 5.98. The highest BCUT2D eigenvalue weighted by Crippen LogP contribution is 2.15. The molecule has 2 heterocycles. The maximum absolute atomic E-state index is 12.2. The molecule has 1 saturated heterocycles. The van der Waals surface area contributed by atoms with Crippen molar-refractivity contribution >= 4 is 15.9 Å². The van der Waals surface area contributed by atoms with Crippen molar-refractivity contribution < 1.29 is 17.9 Å². The van der Waals surface area contributed by atoms with E-state index in [1.54, 1.807) is 7.05 Å². The standard InChI is InChI=1S/C14H24N4O4S/c1-10-7-11(2)18(16-10)6-5-17(3)14(19)15-12-8-23(20,21)9-13(12)22-4/h7,12-13H,5-6,8-9H2,1-4H3,(H,15,19)/t12-,13-/m1/s1. The van der Waals surface area contributed by atoms with Crippen molar-refractivity contribution in [3.63, 3.8) is 0 Å². The summed E-state index contributed by atoms with van der Waals surface area (Å²) in [5, 5.41) is 7.09. The SMILES string of the molecule is CO[C@@H]1CS(=O)(=O)C[C@H]1NC(=O)N(C)CCn1nc(C)cc1C. The number of hydrogen-bond acceptors (Lipinski definition) is 5. The monoisotopic (exact) mass is 344 g/mol. The Bertz CT molecular complexity index is 670. The number of likely N-dealkylation sites (N-methyl/N-ethyl adjacent to an activating group) is 1. The number of sulfone groups is 1. The largest absolute Gasteiger partial charge is 0.378 e. The summed E-state index contributed by atoms with van der Waals surface area (Å²) in [6.07, 6.45) is -0.492. The van der Waals surface area contributed by atoms with Crippen molar-refractivity contribution in [2.45, 2.75) is 32.5 Å². The Morgan fingerprint density at radius 2 is 2.17 bits per heavy atom. The smallest absolute Gasteiger partial charge is 0.317 e. The molecule has 0 radical (unpaired) electrons. The zero-order valence-electron chi connectivity index (χ0n) is 13.9. The van der Waals surface area contributed by atoms with Gasteiger partial charge in [-0.05, 0) is 19.9 Å². The predicted octanol–water partition coefficient (Wildman–Crippen LogP) is -0.0467. The molecule has 1 aliphatic heterocycles. The van der Waals surface area contributed by atoms with Crippen LogP contribution in [0.25, 0.3) is 0 Å². The number of carbonyl (C=O) groups is 1. The van der Waals surface area contributed by atoms with Gasteiger partial charge in [0.15, 0.2) is 9.84 Å². The summed E-state index contributed by atoms with van der Waals surface area (Å²) in [7, 11) is -0.0301. The molecule has 0 aromatic carbocycles. The van der Waals surface area contributed by atoms with Crippen molar-refractivity contribution in [1.82, 2.24) is 20.0 Å². The Hall–Kier alpha value is -1.61. The molecule has 1 aliphatic rings. The fourth-order valence-electron chi connectivity index (χ4n) is 2.70. The van der Waals surface area contributed by atoms with Crippen LogP contribution < -0.4 is 5.32 Å². The van der Waals surface area contributed by atoms with Crippen LogP contribution in [0.3, 0.4) is 0 Å². The normalized spacial score (nSPS) is 23.0. The molecule has 0 bridgehead atoms. The highest BCUT2D eigenvalue weighted by Gasteiger charge is 2.39. The molecule has 1 aromatic heterocycles. The van der Waals surface area contributed by atoms with Gasteiger partial charge in [-0.15, -0.1) is 0 Å². The van der Waals surface area contributed by atoms with E-state index in [0.29, 0.717) is 13.1 Å². The van der Waals surface area contributed by atoms with Crippen molar-refractivity contribution in [2.75, 3.05) is 32.2 Å². The minimum Gasteiger partial charge on any atom is -0.378 e. The Morgan fingerprint density at radius 1 is 1.48 bits per heavy atom. The molecule has 0 saturated carbocycles. The number of aromatic nitrogens is 2. The van der Waals surface area contributed by atoms with E-state index in [1.165, 1.54) is 12.0 Å². The predicted molar refractivity (Wildman–Crippen MR) is 86.1 cm³/mol. The molecular formula is C14H24N4O4S. The molecular weight excluding hydrogens is 320 g/mol. The molecule has 0 aliphatic carbocycles. The molecule has 0 unspecified atom stereocenters. The summed E-state index contributed by atoms with van der Waals surface area (Å²) in [6.45, 7) is 4.95. The van der Waals surface area contributed by atoms with Crippen LogP contribution >= 0.6 is 0 Å². The van der Waals surface area contributed by atoms with Gasteiger partial charge in [-0.25, -0.2) is 13.2 Å². The zero-order valence-corrected chi connectivity index (χ0v) is 14.8. The number of amides is 2. The molecule has 2 atom stereocenters. The second kappa shape index (κ2) is 6.88. The Morgan fingerprint density at radius 3 is 2.74 bits per heavy atom. The van der Waals surface area contributed by atoms with E-state index < -0.39 is 22.0 Å². The number of carbonyl (C=O) groups excluding carboxylic acids is 1. The van der Waals surface area contributed by atoms with Crippen LogP contribution in [0.4, 0.5) is 4.79 Å². The van der Waals surface area contributed by atoms with Crippen LogP contribution in [0, 0.1) is 13.8 Å². The fourth-order valence-corrected chi connectivity index (χ4v) is 4.55. The van der Waals surface area contributed by atoms with E-state index in [-0.39, 0.29) is 17.5 Å². The van der Waals surface area contributed by atoms with Gasteiger partial charge in [0.25, 0.3) is 0 Å². The van der Waals surface area contributed by atoms with Crippen molar-refractivity contribution in [3.8, 4) is 0 Å². The topological polar surface area (TPSA) is 93.5 Å². The summed E-state index contributed by atoms with van der Waals surface area (Å²) < 4.78 is 30.3. The third-order valence-electron chi connectivity index (χ3n) is 4.01. The summed E-state index contributed by atoms with van der Waals surface area (Å²) >= 11 is 0. The molecule has 1 aromatic rings. The first-order chi connectivity index (χ1) is 10.7. The molecule has 0 spiro atoms. The molecule has 9 heteroatoms. The Kier molecular flexibility index (Phi) is 5.30. The summed E-state index contributed by atoms with van der Waals surface area (Å²) in [6, 6.07) is 1.16. The molecule has 8 nitrogen and oxygen atoms in total. The number of aryl methyl sites for hydroxylation is 2. The van der Waals surface area contributed by atoms with Crippen molar-refractivity contribution in [2.24, 2.45) is 0 Å². The molecule has 23 heavy (non-hydrogen) atoms. The highest BCUT2D eigenvalue weighted by atomic mass is 32.2. The maximum atomic E-state index is 12.2. The number of urea groups is 1. The van der Waals surface area contributed by atoms with Gasteiger partial charge in [-0.1, -0.05) is 0 Å². The van der Waals surface area contributed by atoms with Crippen molar-refractivity contribution in [3.05, 3.63) is 17.5 Å². The minimum atomic E-state index is -3.16. The second-order valence-corrected chi connectivity index (χ2v) is 8.13. The number of nitrogens with zero attached hydrogens (tertiary/aromatic N) is 3. The molecule has 130 valence electrons. The first-order valence-electron chi connectivity index (χ1n) is 7.48. The van der Waals surface area contributed by atoms with Crippen LogP contribution in [0.15, 0.2) is 6.07 Å². The third-order valence-corrected chi connectivity index (χ3v) is 5.71. The first kappa shape index (κ1) is 17.7. The Balaban J connectivity index is 1.89. The van der Waals surface area contributed by atoms with Crippen LogP contribution in [-0.2, 0) is 21.1 Å². The summed E-state index contributed by atoms with van der Waals surface area (Å²) in [5.41, 5.74) is 1.98. The van der Waals surface area contributed by atoms with E-state index in [0.717, 1.165) is 11.4 Å². The lowest BCUT2D eigenvalue weighted by molar-refractivity contribution is 0.0985. The lowest BCUT2D eigenvalue weighted by Crippen LogP contribution is -2.49. The van der Waals surface area contributed by atoms with Gasteiger partial charge in [0.05, 0.1) is 35.9 Å². The average molecular weight is 344 g/mol. The zero-order chi connectivity index (χ0) is 17.2. The van der Waals surface area contributed by atoms with Gasteiger partial charge in [-0.3, -0.25) is 4.68 Å². The van der Waals surface area contributed by atoms with E-state index in [9.17, 15) is 13.2 Å². The van der Waals surface area contributed by atoms with E-state index in [1.807, 2.05) is 24.6 Å². The third kappa shape index (κ3) is 4.44. The molecule has 1 N–H and O–H groups in total. The van der Waals surface area contributed by atoms with Gasteiger partial charge < -0.3 is 15.0 Å². The molecule has 1 fully saturated rings. The minimum absolute atomic E-state index is 0.0517. The first-order valence-corrected chi connectivity index (χ1v) is 9.30. The Labute approximate surface area is 136 Å². The van der Waals surface area contributed by atoms with Crippen LogP contribution in [0.5, 0.6) is 0 Å². The molecule has 2 rings (SSSR count). The van der Waals surface area contributed by atoms with Crippen LogP contribution in [0.2, 0.25) is 0 Å². The van der Waals surface area contributed by atoms with Gasteiger partial charge in [0.1, 0.15) is 0 Å². The summed E-state index contributed by atoms with van der Waals surface area (Å²) in [4.78, 5) is 13.7. The summed E-state index contributed by atoms with van der Waals surface area (Å²) in [5.74, 6) is -0.132. The van der Waals surface area contributed by atoms with E-state index in [4.69, 9.17) is 4.74 Å². The van der Waals surface area contributed by atoms with Crippen LogP contribution in [-0.4, -0.2) is 73.5 Å². The average Bonchev–Trinajstić information content (AvgIpc) is 2.94. The fraction of sp³-hybridized carbons (Fsp3) is 0.714. The highest BCUT2D eigenvalue weighted by molar-refractivity contribution is 7.91. The number of nitrogens with one attached hydrogen (secondary N) is 1. The van der Waals surface area contributed by atoms with Gasteiger partial charge >= 0.3 is 6.03 Å². The van der Waals surface area contributed by atoms with Gasteiger partial charge in [0, 0.05) is 26.4 Å². The number of methoxy groups -OCH3 is 1. The van der Waals surface area contributed by atoms with Crippen molar-refractivity contribution in [1.29, 1.82) is 0 Å². The lowest BCUT2D eigenvalue weighted by atomic mass is 10.2. The lowest BCUT2D eigenvalue weighted by Gasteiger charge is -2.23. The number of ether oxygens (including phenoxy) is 1. The maximum Gasteiger partial charge on any atom is 0.317 e. The van der Waals surface area contributed by atoms with Crippen LogP contribution in [0.1, 0.15) is 11.4 Å². The molecule has 2 amide bonds.